The highest BCUT2D eigenvalue weighted by Crippen LogP contribution is 2.57. The molecule has 18 aliphatic carbocycles. The Labute approximate surface area is 765 Å². The Morgan fingerprint density at radius 3 is 1.28 bits per heavy atom. The average Bonchev–Trinajstić information content (AvgIpc) is 1.61. The normalized spacial score (nSPS) is 24.0. The lowest BCUT2D eigenvalue weighted by Gasteiger charge is -2.39. The van der Waals surface area contributed by atoms with Crippen molar-refractivity contribution >= 4 is 99.5 Å². The minimum atomic E-state index is -3.68. The highest BCUT2D eigenvalue weighted by atomic mass is 32.2. The van der Waals surface area contributed by atoms with Crippen molar-refractivity contribution in [3.05, 3.63) is 360 Å². The van der Waals surface area contributed by atoms with E-state index >= 15 is 0 Å². The van der Waals surface area contributed by atoms with Crippen molar-refractivity contribution in [3.8, 4) is 0 Å². The van der Waals surface area contributed by atoms with Crippen molar-refractivity contribution in [2.24, 2.45) is 35.5 Å². The Kier molecular flexibility index (Phi) is 28.2. The van der Waals surface area contributed by atoms with Gasteiger partial charge in [-0.1, -0.05) is 157 Å². The molecule has 14 unspecified atom stereocenters. The number of nitrogens with zero attached hydrogens (tertiary/aromatic N) is 7. The van der Waals surface area contributed by atoms with Crippen LogP contribution in [0.1, 0.15) is 193 Å². The summed E-state index contributed by atoms with van der Waals surface area (Å²) in [5, 5.41) is 51.8. The monoisotopic (exact) mass is 1840 g/mol. The summed E-state index contributed by atoms with van der Waals surface area (Å²) in [5.74, 6) is 3.96. The number of esters is 2. The van der Waals surface area contributed by atoms with Crippen LogP contribution in [-0.2, 0) is 33.9 Å². The summed E-state index contributed by atoms with van der Waals surface area (Å²) in [6, 6.07) is 43.5. The van der Waals surface area contributed by atoms with Crippen LogP contribution in [-0.4, -0.2) is 122 Å². The number of ether oxygens (including phenoxy) is 2. The van der Waals surface area contributed by atoms with Gasteiger partial charge in [0.2, 0.25) is 41.4 Å². The van der Waals surface area contributed by atoms with E-state index in [-0.39, 0.29) is 52.2 Å². The third-order valence-electron chi connectivity index (χ3n) is 26.3. The van der Waals surface area contributed by atoms with Gasteiger partial charge in [-0.15, -0.1) is 11.8 Å². The van der Waals surface area contributed by atoms with Gasteiger partial charge >= 0.3 is 11.9 Å². The molecule has 28 rings (SSSR count). The Balaban J connectivity index is 0.000000126. The lowest BCUT2D eigenvalue weighted by molar-refractivity contribution is -0.533. The molecule has 20 bridgehead atoms. The number of hydrogen-bond acceptors (Lipinski definition) is 22. The maximum atomic E-state index is 12.8. The Morgan fingerprint density at radius 1 is 0.458 bits per heavy atom. The van der Waals surface area contributed by atoms with Crippen LogP contribution in [0.5, 0.6) is 0 Å². The van der Waals surface area contributed by atoms with Gasteiger partial charge in [0.05, 0.1) is 54.8 Å². The lowest BCUT2D eigenvalue weighted by atomic mass is 9.69. The van der Waals surface area contributed by atoms with Crippen LogP contribution >= 0.6 is 23.5 Å². The van der Waals surface area contributed by atoms with Crippen LogP contribution in [0.15, 0.2) is 267 Å². The van der Waals surface area contributed by atoms with Gasteiger partial charge in [0.15, 0.2) is 16.4 Å². The molecule has 0 amide bonds. The highest BCUT2D eigenvalue weighted by Gasteiger charge is 2.55. The molecule has 32 heteroatoms. The van der Waals surface area contributed by atoms with E-state index in [1.165, 1.54) is 207 Å². The van der Waals surface area contributed by atoms with Crippen LogP contribution in [0.25, 0.3) is 44.4 Å². The molecular formula is C99H98N10O18S4. The zero-order valence-electron chi connectivity index (χ0n) is 71.9. The van der Waals surface area contributed by atoms with Crippen LogP contribution < -0.4 is 0 Å². The zero-order chi connectivity index (χ0) is 91.8. The molecule has 4 aromatic carbocycles. The van der Waals surface area contributed by atoms with Crippen LogP contribution in [0, 0.1) is 86.1 Å². The van der Waals surface area contributed by atoms with Gasteiger partial charge in [0.25, 0.3) is 0 Å². The van der Waals surface area contributed by atoms with E-state index in [9.17, 15) is 77.0 Å². The molecule has 1 fully saturated rings. The molecule has 0 saturated heterocycles. The second-order valence-electron chi connectivity index (χ2n) is 34.1. The second-order valence-corrected chi connectivity index (χ2v) is 40.2. The van der Waals surface area contributed by atoms with Crippen molar-refractivity contribution < 1.29 is 60.5 Å². The standard InChI is InChI=1S/C44H38N4.C14H15NO4S.C13H15NO2.C8H7NO4S.C8H9NO2S.C8H7NO2S.C4H7NO4/c1-2-22-4-3-21(1)37-29-17-31-39-23-5-7-25(8-6-23)41(39)33(46-31)19-35-43-27-13-15-28(16-14-27)44(43)36(48-35)20-34-42-26-11-9-24(10-12-26)40(42)32(47-34)18-30(45-29)38(22)37;16-15(17)13-10-6-8-11(9-7-10)14(13)20(18,19)12-4-2-1-3-5-12;1-2-16-13(15)12-11-9-5-3-8(4-6-9)10(11)7-14-12;10-9(11)6-7-14(12,13)8-4-2-1-3-5-8;2*10-9(11)6-7-12-8-4-2-1-3-5-8;1-4(6)9-3-2-5(7)8/h1-2,5,7,9,11,13,15,17-28,45-46H,3-4,6,8,10,12,14,16H2;1-6,8,10-11,13-14H,7,9H2;3,5,7-9,14H,2,4,6H2,1H3;1-7H;1-5H,6-7H2;1-7H;2-3H2,1H3/b;;;7-6+;;7-6+;. The highest BCUT2D eigenvalue weighted by molar-refractivity contribution is 8.02. The number of nitrogens with one attached hydrogen (secondary N) is 3. The van der Waals surface area contributed by atoms with Crippen molar-refractivity contribution in [2.75, 3.05) is 32.1 Å². The predicted molar refractivity (Wildman–Crippen MR) is 503 cm³/mol. The molecule has 131 heavy (non-hydrogen) atoms. The average molecular weight is 1840 g/mol. The summed E-state index contributed by atoms with van der Waals surface area (Å²) in [6.45, 7) is 3.04. The summed E-state index contributed by atoms with van der Waals surface area (Å²) in [4.78, 5) is 94.6. The molecule has 20 aliphatic rings. The first-order chi connectivity index (χ1) is 63.3. The summed E-state index contributed by atoms with van der Waals surface area (Å²) < 4.78 is 57.5. The molecule has 676 valence electrons. The van der Waals surface area contributed by atoms with E-state index in [1.807, 2.05) is 85.9 Å². The van der Waals surface area contributed by atoms with Crippen molar-refractivity contribution in [1.29, 1.82) is 0 Å². The van der Waals surface area contributed by atoms with Crippen molar-refractivity contribution in [1.82, 2.24) is 24.9 Å². The number of allylic oxidation sites excluding steroid dienone is 15. The molecule has 4 aromatic heterocycles. The minimum absolute atomic E-state index is 0.0273. The smallest absolute Gasteiger partial charge is 0.355 e. The van der Waals surface area contributed by atoms with E-state index in [0.29, 0.717) is 102 Å². The minimum Gasteiger partial charge on any atom is -0.461 e. The Morgan fingerprint density at radius 2 is 0.863 bits per heavy atom. The molecule has 14 atom stereocenters. The first-order valence-corrected chi connectivity index (χ1v) is 49.1. The Hall–Kier alpha value is -12.8. The molecule has 28 nitrogen and oxygen atoms in total. The van der Waals surface area contributed by atoms with E-state index in [0.717, 1.165) is 33.8 Å². The summed E-state index contributed by atoms with van der Waals surface area (Å²) in [5.41, 5.74) is 25.0. The molecule has 0 spiro atoms. The van der Waals surface area contributed by atoms with E-state index in [4.69, 9.17) is 14.7 Å². The number of hydrogen-bond donors (Lipinski definition) is 3. The second kappa shape index (κ2) is 40.3. The molecular weight excluding hydrogens is 1750 g/mol. The predicted octanol–water partition coefficient (Wildman–Crippen LogP) is 20.8. The molecule has 6 heterocycles. The van der Waals surface area contributed by atoms with E-state index in [1.54, 1.807) is 36.4 Å². The molecule has 8 aromatic rings. The number of H-pyrrole nitrogens is 3. The quantitative estimate of drug-likeness (QED) is 0.0236. The zero-order valence-corrected chi connectivity index (χ0v) is 75.2. The summed E-state index contributed by atoms with van der Waals surface area (Å²) >= 11 is 2.83. The Bertz CT molecular complexity index is 6340. The summed E-state index contributed by atoms with van der Waals surface area (Å²) in [6.07, 6.45) is 44.9. The number of nitro groups is 5. The lowest BCUT2D eigenvalue weighted by Crippen LogP contribution is -2.53. The van der Waals surface area contributed by atoms with Gasteiger partial charge in [0.1, 0.15) is 16.4 Å². The maximum absolute atomic E-state index is 12.8. The molecule has 2 aliphatic heterocycles. The van der Waals surface area contributed by atoms with Gasteiger partial charge in [-0.2, -0.15) is 0 Å². The molecule has 0 radical (unpaired) electrons. The fourth-order valence-electron chi connectivity index (χ4n) is 20.7. The van der Waals surface area contributed by atoms with Crippen molar-refractivity contribution in [2.45, 2.75) is 157 Å². The largest absolute Gasteiger partial charge is 0.461 e. The first-order valence-electron chi connectivity index (χ1n) is 44.2. The SMILES string of the molecule is C1=CC2CCC1C1=C2c2cc3[nH]c(cc4[nH]c(cc5nc(cc1n2)C1=C5C2C=CC1CC2)c1c4C2C=CC1CC2)c1c3C2C=CC1CC2.CC(=O)OCC[N+](=O)[O-].CCOC(=O)c1[nH]cc2c1C1C=CC2CC1.O=[N+]([O-])/C=C/S(=O)(=O)c1ccccc1.O=[N+]([O-])/C=C/Sc1ccccc1.O=[N+]([O-])C1C2C=CC(CC2)C1S(=O)(=O)c1ccccc1.O=[N+]([O-])CCSc1ccccc1. The number of fused-ring (bicyclic) bond motifs is 15. The van der Waals surface area contributed by atoms with Gasteiger partial charge in [0, 0.05) is 136 Å². The van der Waals surface area contributed by atoms with E-state index < -0.39 is 56.6 Å². The number of sulfone groups is 2. The third kappa shape index (κ3) is 20.2. The summed E-state index contributed by atoms with van der Waals surface area (Å²) in [7, 11) is -7.36. The molecule has 1 saturated carbocycles. The third-order valence-corrected chi connectivity index (χ3v) is 31.8. The maximum Gasteiger partial charge on any atom is 0.355 e. The fraction of sp³-hybridized carbons (Fsp3) is 0.333. The van der Waals surface area contributed by atoms with Crippen LogP contribution in [0.4, 0.5) is 0 Å². The van der Waals surface area contributed by atoms with Gasteiger partial charge in [-0.05, 0) is 212 Å². The first kappa shape index (κ1) is 91.5. The van der Waals surface area contributed by atoms with Gasteiger partial charge < -0.3 is 24.4 Å². The number of carbonyl (C=O) groups excluding carboxylic acids is 2. The molecule has 3 N–H and O–H groups in total. The van der Waals surface area contributed by atoms with E-state index in [2.05, 4.69) is 105 Å². The van der Waals surface area contributed by atoms with Crippen LogP contribution in [0.3, 0.4) is 0 Å². The fourth-order valence-corrected chi connectivity index (χ4v) is 25.3. The number of aromatic nitrogens is 5. The van der Waals surface area contributed by atoms with Gasteiger partial charge in [-0.3, -0.25) is 55.4 Å². The van der Waals surface area contributed by atoms with Gasteiger partial charge in [-0.25, -0.2) is 31.6 Å². The topological polar surface area (TPSA) is 410 Å². The number of carbonyl (C=O) groups is 2. The number of aromatic amines is 3. The number of thioether (sulfide) groups is 2. The van der Waals surface area contributed by atoms with Crippen LogP contribution in [0.2, 0.25) is 0 Å². The van der Waals surface area contributed by atoms with Crippen molar-refractivity contribution in [3.63, 3.8) is 0 Å². The number of rotatable bonds is 18. The number of benzene rings is 4.